The normalized spacial score (nSPS) is 11.5. The van der Waals surface area contributed by atoms with Gasteiger partial charge in [-0.3, -0.25) is 0 Å². The van der Waals surface area contributed by atoms with Crippen LogP contribution in [-0.2, 0) is 0 Å². The number of aromatic nitrogens is 2. The maximum atomic E-state index is 4.68. The Morgan fingerprint density at radius 3 is 2.09 bits per heavy atom. The van der Waals surface area contributed by atoms with Gasteiger partial charge in [0.15, 0.2) is 0 Å². The monoisotopic (exact) mass is 296 g/mol. The molecule has 0 amide bonds. The third-order valence-electron chi connectivity index (χ3n) is 3.91. The standard InChI is InChI=1S/C21H16N2/c1-15-6-13-21-17(14-15)8-10-19(23-21)12-11-18-9-7-16-4-2-3-5-20(16)22-18/h2-14H,1H3. The van der Waals surface area contributed by atoms with Crippen molar-refractivity contribution in [1.82, 2.24) is 9.97 Å². The Morgan fingerprint density at radius 2 is 1.30 bits per heavy atom. The fourth-order valence-corrected chi connectivity index (χ4v) is 2.70. The van der Waals surface area contributed by atoms with Crippen LogP contribution in [-0.4, -0.2) is 9.97 Å². The predicted octanol–water partition coefficient (Wildman–Crippen LogP) is 5.26. The second kappa shape index (κ2) is 5.65. The number of hydrogen-bond donors (Lipinski definition) is 0. The summed E-state index contributed by atoms with van der Waals surface area (Å²) in [6.07, 6.45) is 4.02. The van der Waals surface area contributed by atoms with Crippen LogP contribution < -0.4 is 0 Å². The zero-order valence-electron chi connectivity index (χ0n) is 12.9. The quantitative estimate of drug-likeness (QED) is 0.504. The van der Waals surface area contributed by atoms with E-state index < -0.39 is 0 Å². The number of benzene rings is 2. The lowest BCUT2D eigenvalue weighted by Gasteiger charge is -2.01. The molecule has 0 bridgehead atoms. The predicted molar refractivity (Wildman–Crippen MR) is 97.2 cm³/mol. The summed E-state index contributed by atoms with van der Waals surface area (Å²) in [7, 11) is 0. The van der Waals surface area contributed by atoms with E-state index >= 15 is 0 Å². The molecule has 0 unspecified atom stereocenters. The van der Waals surface area contributed by atoms with Crippen LogP contribution in [0.2, 0.25) is 0 Å². The van der Waals surface area contributed by atoms with Gasteiger partial charge >= 0.3 is 0 Å². The smallest absolute Gasteiger partial charge is 0.0709 e. The lowest BCUT2D eigenvalue weighted by molar-refractivity contribution is 1.35. The minimum Gasteiger partial charge on any atom is -0.248 e. The number of pyridine rings is 2. The maximum Gasteiger partial charge on any atom is 0.0709 e. The van der Waals surface area contributed by atoms with Crippen LogP contribution in [0.1, 0.15) is 17.0 Å². The van der Waals surface area contributed by atoms with Gasteiger partial charge in [0.2, 0.25) is 0 Å². The molecule has 110 valence electrons. The summed E-state index contributed by atoms with van der Waals surface area (Å²) in [5.74, 6) is 0. The third kappa shape index (κ3) is 2.84. The molecule has 2 aromatic carbocycles. The SMILES string of the molecule is Cc1ccc2nc(C=Cc3ccc4ccccc4n3)ccc2c1. The summed E-state index contributed by atoms with van der Waals surface area (Å²) < 4.78 is 0. The second-order valence-electron chi connectivity index (χ2n) is 5.69. The molecule has 2 heterocycles. The Kier molecular flexibility index (Phi) is 3.35. The number of para-hydroxylation sites is 1. The van der Waals surface area contributed by atoms with Crippen molar-refractivity contribution in [3.05, 3.63) is 83.7 Å². The van der Waals surface area contributed by atoms with Crippen LogP contribution in [0, 0.1) is 6.92 Å². The van der Waals surface area contributed by atoms with Crippen LogP contribution in [0.5, 0.6) is 0 Å². The zero-order chi connectivity index (χ0) is 15.6. The van der Waals surface area contributed by atoms with E-state index in [9.17, 15) is 0 Å². The van der Waals surface area contributed by atoms with E-state index in [4.69, 9.17) is 0 Å². The van der Waals surface area contributed by atoms with Crippen molar-refractivity contribution in [1.29, 1.82) is 0 Å². The van der Waals surface area contributed by atoms with Crippen molar-refractivity contribution in [2.75, 3.05) is 0 Å². The topological polar surface area (TPSA) is 25.8 Å². The molecule has 0 atom stereocenters. The molecule has 0 N–H and O–H groups in total. The lowest BCUT2D eigenvalue weighted by atomic mass is 10.1. The van der Waals surface area contributed by atoms with E-state index in [0.29, 0.717) is 0 Å². The second-order valence-corrected chi connectivity index (χ2v) is 5.69. The first-order chi connectivity index (χ1) is 11.3. The molecule has 4 aromatic rings. The van der Waals surface area contributed by atoms with Gasteiger partial charge in [0.1, 0.15) is 0 Å². The van der Waals surface area contributed by atoms with Gasteiger partial charge in [0.25, 0.3) is 0 Å². The molecular weight excluding hydrogens is 280 g/mol. The average molecular weight is 296 g/mol. The minimum absolute atomic E-state index is 0.939. The Labute approximate surface area is 135 Å². The highest BCUT2D eigenvalue weighted by atomic mass is 14.7. The molecule has 0 fully saturated rings. The van der Waals surface area contributed by atoms with Crippen molar-refractivity contribution in [3.63, 3.8) is 0 Å². The van der Waals surface area contributed by atoms with E-state index in [2.05, 4.69) is 53.3 Å². The van der Waals surface area contributed by atoms with Crippen LogP contribution in [0.15, 0.2) is 66.7 Å². The van der Waals surface area contributed by atoms with Crippen LogP contribution in [0.4, 0.5) is 0 Å². The first-order valence-electron chi connectivity index (χ1n) is 7.69. The molecule has 0 spiro atoms. The van der Waals surface area contributed by atoms with Crippen LogP contribution in [0.25, 0.3) is 34.0 Å². The van der Waals surface area contributed by atoms with Crippen molar-refractivity contribution >= 4 is 34.0 Å². The highest BCUT2D eigenvalue weighted by Gasteiger charge is 1.98. The Bertz CT molecular complexity index is 1030. The largest absolute Gasteiger partial charge is 0.248 e. The number of fused-ring (bicyclic) bond motifs is 2. The van der Waals surface area contributed by atoms with Gasteiger partial charge in [-0.25, -0.2) is 9.97 Å². The fraction of sp³-hybridized carbons (Fsp3) is 0.0476. The van der Waals surface area contributed by atoms with Gasteiger partial charge in [-0.1, -0.05) is 42.0 Å². The summed E-state index contributed by atoms with van der Waals surface area (Å²) in [5.41, 5.74) is 5.16. The van der Waals surface area contributed by atoms with Crippen molar-refractivity contribution < 1.29 is 0 Å². The number of nitrogens with zero attached hydrogens (tertiary/aromatic N) is 2. The summed E-state index contributed by atoms with van der Waals surface area (Å²) >= 11 is 0. The molecule has 0 radical (unpaired) electrons. The molecule has 0 aliphatic rings. The molecule has 2 heteroatoms. The van der Waals surface area contributed by atoms with Gasteiger partial charge in [-0.2, -0.15) is 0 Å². The Morgan fingerprint density at radius 1 is 0.652 bits per heavy atom. The highest BCUT2D eigenvalue weighted by Crippen LogP contribution is 2.17. The summed E-state index contributed by atoms with van der Waals surface area (Å²) in [5, 5.41) is 2.33. The zero-order valence-corrected chi connectivity index (χ0v) is 12.9. The first-order valence-corrected chi connectivity index (χ1v) is 7.69. The van der Waals surface area contributed by atoms with Gasteiger partial charge in [-0.05, 0) is 49.4 Å². The molecular formula is C21H16N2. The van der Waals surface area contributed by atoms with E-state index in [1.165, 1.54) is 10.9 Å². The Hall–Kier alpha value is -3.00. The Balaban J connectivity index is 1.67. The first kappa shape index (κ1) is 13.6. The summed E-state index contributed by atoms with van der Waals surface area (Å²) in [6.45, 7) is 2.10. The van der Waals surface area contributed by atoms with E-state index in [-0.39, 0.29) is 0 Å². The molecule has 2 aromatic heterocycles. The molecule has 23 heavy (non-hydrogen) atoms. The molecule has 2 nitrogen and oxygen atoms in total. The van der Waals surface area contributed by atoms with Crippen LogP contribution >= 0.6 is 0 Å². The lowest BCUT2D eigenvalue weighted by Crippen LogP contribution is -1.85. The van der Waals surface area contributed by atoms with E-state index in [1.807, 2.05) is 42.5 Å². The van der Waals surface area contributed by atoms with Crippen molar-refractivity contribution in [2.24, 2.45) is 0 Å². The van der Waals surface area contributed by atoms with Crippen molar-refractivity contribution in [2.45, 2.75) is 6.92 Å². The van der Waals surface area contributed by atoms with Crippen molar-refractivity contribution in [3.8, 4) is 0 Å². The molecule has 4 rings (SSSR count). The molecule has 0 aliphatic carbocycles. The molecule has 0 saturated carbocycles. The fourth-order valence-electron chi connectivity index (χ4n) is 2.70. The number of aryl methyl sites for hydroxylation is 1. The van der Waals surface area contributed by atoms with E-state index in [1.54, 1.807) is 0 Å². The van der Waals surface area contributed by atoms with Gasteiger partial charge in [-0.15, -0.1) is 0 Å². The molecule has 0 saturated heterocycles. The third-order valence-corrected chi connectivity index (χ3v) is 3.91. The summed E-state index contributed by atoms with van der Waals surface area (Å²) in [4.78, 5) is 9.33. The van der Waals surface area contributed by atoms with Gasteiger partial charge in [0, 0.05) is 10.8 Å². The van der Waals surface area contributed by atoms with Gasteiger partial charge < -0.3 is 0 Å². The average Bonchev–Trinajstić information content (AvgIpc) is 2.59. The van der Waals surface area contributed by atoms with Gasteiger partial charge in [0.05, 0.1) is 22.4 Å². The number of rotatable bonds is 2. The maximum absolute atomic E-state index is 4.68. The minimum atomic E-state index is 0.939. The number of hydrogen-bond acceptors (Lipinski definition) is 2. The molecule has 0 aliphatic heterocycles. The highest BCUT2D eigenvalue weighted by molar-refractivity contribution is 5.83. The van der Waals surface area contributed by atoms with E-state index in [0.717, 1.165) is 27.8 Å². The van der Waals surface area contributed by atoms with Crippen LogP contribution in [0.3, 0.4) is 0 Å². The summed E-state index contributed by atoms with van der Waals surface area (Å²) in [6, 6.07) is 22.7.